The van der Waals surface area contributed by atoms with E-state index in [1.807, 2.05) is 34.6 Å². The molecule has 0 aromatic carbocycles. The first-order valence-corrected chi connectivity index (χ1v) is 12.8. The summed E-state index contributed by atoms with van der Waals surface area (Å²) < 4.78 is 5.80. The number of hydrogen-bond acceptors (Lipinski definition) is 4. The Bertz CT molecular complexity index is 872. The van der Waals surface area contributed by atoms with Crippen molar-refractivity contribution in [2.75, 3.05) is 6.54 Å². The van der Waals surface area contributed by atoms with E-state index in [9.17, 15) is 14.4 Å². The summed E-state index contributed by atoms with van der Waals surface area (Å²) in [4.78, 5) is 40.6. The fourth-order valence-corrected chi connectivity index (χ4v) is 7.61. The Morgan fingerprint density at radius 1 is 1.12 bits per heavy atom. The third-order valence-corrected chi connectivity index (χ3v) is 9.07. The molecule has 6 atom stereocenters. The molecule has 4 rings (SSSR count). The predicted molar refractivity (Wildman–Crippen MR) is 127 cm³/mol. The molecule has 2 saturated carbocycles. The molecular weight excluding hydrogens is 416 g/mol. The van der Waals surface area contributed by atoms with Crippen LogP contribution >= 0.6 is 0 Å². The van der Waals surface area contributed by atoms with E-state index in [1.54, 1.807) is 11.0 Å². The minimum atomic E-state index is -0.599. The van der Waals surface area contributed by atoms with Gasteiger partial charge in [-0.05, 0) is 89.9 Å². The molecule has 6 heteroatoms. The lowest BCUT2D eigenvalue weighted by atomic mass is 9.49. The van der Waals surface area contributed by atoms with Gasteiger partial charge in [-0.25, -0.2) is 4.79 Å². The number of likely N-dealkylation sites (tertiary alicyclic amines) is 1. The molecule has 0 aromatic rings. The second kappa shape index (κ2) is 8.13. The van der Waals surface area contributed by atoms with Crippen LogP contribution in [0.1, 0.15) is 87.0 Å². The van der Waals surface area contributed by atoms with Crippen molar-refractivity contribution in [1.82, 2.24) is 10.2 Å². The summed E-state index contributed by atoms with van der Waals surface area (Å²) >= 11 is 0. The van der Waals surface area contributed by atoms with Crippen LogP contribution in [0.2, 0.25) is 0 Å². The van der Waals surface area contributed by atoms with Gasteiger partial charge in [-0.3, -0.25) is 14.5 Å². The third-order valence-electron chi connectivity index (χ3n) is 9.07. The molecule has 6 nitrogen and oxygen atoms in total. The Kier molecular flexibility index (Phi) is 5.98. The van der Waals surface area contributed by atoms with Gasteiger partial charge in [0.2, 0.25) is 5.91 Å². The van der Waals surface area contributed by atoms with Crippen LogP contribution in [0.25, 0.3) is 0 Å². The molecule has 3 fully saturated rings. The van der Waals surface area contributed by atoms with Crippen molar-refractivity contribution in [3.63, 3.8) is 0 Å². The Hall–Kier alpha value is -1.85. The highest BCUT2D eigenvalue weighted by atomic mass is 16.6. The fraction of sp³-hybridized carbons (Fsp3) is 0.815. The maximum Gasteiger partial charge on any atom is 0.414 e. The smallest absolute Gasteiger partial charge is 0.414 e. The van der Waals surface area contributed by atoms with Crippen LogP contribution in [-0.4, -0.2) is 40.9 Å². The first-order chi connectivity index (χ1) is 15.3. The van der Waals surface area contributed by atoms with Crippen molar-refractivity contribution in [2.45, 2.75) is 98.6 Å². The monoisotopic (exact) mass is 458 g/mol. The minimum Gasteiger partial charge on any atom is -0.443 e. The number of piperidine rings is 1. The van der Waals surface area contributed by atoms with E-state index in [4.69, 9.17) is 4.74 Å². The fourth-order valence-electron chi connectivity index (χ4n) is 7.61. The molecule has 184 valence electrons. The van der Waals surface area contributed by atoms with Crippen LogP contribution in [0.5, 0.6) is 0 Å². The Balaban J connectivity index is 1.68. The Labute approximate surface area is 198 Å². The van der Waals surface area contributed by atoms with Gasteiger partial charge in [0.1, 0.15) is 5.60 Å². The second-order valence-electron chi connectivity index (χ2n) is 12.7. The molecular formula is C27H42N2O4. The van der Waals surface area contributed by atoms with Crippen molar-refractivity contribution in [3.8, 4) is 0 Å². The van der Waals surface area contributed by atoms with Crippen LogP contribution in [0.4, 0.5) is 4.79 Å². The summed E-state index contributed by atoms with van der Waals surface area (Å²) in [5.74, 6) is 1.42. The maximum absolute atomic E-state index is 13.3. The maximum atomic E-state index is 13.3. The Morgan fingerprint density at radius 2 is 1.82 bits per heavy atom. The van der Waals surface area contributed by atoms with Gasteiger partial charge < -0.3 is 10.1 Å². The topological polar surface area (TPSA) is 75.7 Å². The van der Waals surface area contributed by atoms with Gasteiger partial charge in [0.25, 0.3) is 0 Å². The number of ether oxygens (including phenoxy) is 1. The number of nitrogens with one attached hydrogen (secondary N) is 1. The highest BCUT2D eigenvalue weighted by Gasteiger charge is 2.62. The van der Waals surface area contributed by atoms with E-state index >= 15 is 0 Å². The van der Waals surface area contributed by atoms with Crippen molar-refractivity contribution in [2.24, 2.45) is 34.5 Å². The lowest BCUT2D eigenvalue weighted by Gasteiger charge is -2.60. The molecule has 0 spiro atoms. The molecule has 3 aliphatic carbocycles. The number of carbonyl (C=O) groups excluding carboxylic acids is 3. The van der Waals surface area contributed by atoms with Crippen LogP contribution in [-0.2, 0) is 14.3 Å². The first-order valence-electron chi connectivity index (χ1n) is 12.8. The van der Waals surface area contributed by atoms with Crippen molar-refractivity contribution < 1.29 is 19.1 Å². The number of fused-ring (bicyclic) bond motifs is 5. The normalized spacial score (nSPS) is 38.2. The number of allylic oxidation sites excluding steroid dienone is 2. The molecule has 0 bridgehead atoms. The van der Waals surface area contributed by atoms with Gasteiger partial charge in [0.15, 0.2) is 5.78 Å². The van der Waals surface area contributed by atoms with E-state index in [1.165, 1.54) is 0 Å². The molecule has 4 aliphatic rings. The summed E-state index contributed by atoms with van der Waals surface area (Å²) in [5.41, 5.74) is -0.0161. The van der Waals surface area contributed by atoms with Crippen LogP contribution in [0, 0.1) is 34.5 Å². The van der Waals surface area contributed by atoms with E-state index in [0.717, 1.165) is 37.8 Å². The van der Waals surface area contributed by atoms with Crippen LogP contribution in [0.3, 0.4) is 0 Å². The number of carbonyl (C=O) groups is 3. The lowest BCUT2D eigenvalue weighted by molar-refractivity contribution is -0.134. The summed E-state index contributed by atoms with van der Waals surface area (Å²) in [6.07, 6.45) is 6.66. The van der Waals surface area contributed by atoms with Crippen LogP contribution in [0.15, 0.2) is 11.8 Å². The highest BCUT2D eigenvalue weighted by Crippen LogP contribution is 2.65. The predicted octanol–water partition coefficient (Wildman–Crippen LogP) is 5.07. The number of amides is 2. The largest absolute Gasteiger partial charge is 0.443 e. The van der Waals surface area contributed by atoms with E-state index in [2.05, 4.69) is 19.2 Å². The third kappa shape index (κ3) is 4.12. The van der Waals surface area contributed by atoms with Crippen molar-refractivity contribution >= 4 is 17.8 Å². The van der Waals surface area contributed by atoms with E-state index in [-0.39, 0.29) is 40.6 Å². The van der Waals surface area contributed by atoms with Gasteiger partial charge in [-0.1, -0.05) is 13.8 Å². The van der Waals surface area contributed by atoms with Crippen molar-refractivity contribution in [3.05, 3.63) is 11.8 Å². The lowest BCUT2D eigenvalue weighted by Crippen LogP contribution is -2.59. The zero-order chi connectivity index (χ0) is 24.3. The molecule has 0 aromatic heterocycles. The highest BCUT2D eigenvalue weighted by molar-refractivity contribution is 5.92. The molecule has 1 aliphatic heterocycles. The molecule has 1 heterocycles. The first kappa shape index (κ1) is 24.3. The zero-order valence-corrected chi connectivity index (χ0v) is 21.5. The van der Waals surface area contributed by atoms with Gasteiger partial charge in [0, 0.05) is 42.1 Å². The number of rotatable bonds is 2. The number of hydrogen-bond donors (Lipinski definition) is 1. The SMILES string of the molecule is CC(C)NC(=O)[C@H]1CC[C@H]2[C@@H]3CN(C(=O)OC(C)(C)C)C4=CC(=O)CC[C@]4(C)[C@H]3CC[C@]12C. The zero-order valence-electron chi connectivity index (χ0n) is 21.5. The van der Waals surface area contributed by atoms with Crippen molar-refractivity contribution in [1.29, 1.82) is 0 Å². The van der Waals surface area contributed by atoms with Crippen LogP contribution < -0.4 is 5.32 Å². The number of ketones is 1. The number of nitrogens with zero attached hydrogens (tertiary/aromatic N) is 1. The average Bonchev–Trinajstić information content (AvgIpc) is 3.03. The van der Waals surface area contributed by atoms with Gasteiger partial charge >= 0.3 is 6.09 Å². The van der Waals surface area contributed by atoms with E-state index in [0.29, 0.717) is 30.7 Å². The average molecular weight is 459 g/mol. The van der Waals surface area contributed by atoms with Gasteiger partial charge in [-0.2, -0.15) is 0 Å². The summed E-state index contributed by atoms with van der Waals surface area (Å²) in [5, 5.41) is 3.16. The van der Waals surface area contributed by atoms with Gasteiger partial charge in [0.05, 0.1) is 0 Å². The molecule has 33 heavy (non-hydrogen) atoms. The molecule has 1 N–H and O–H groups in total. The van der Waals surface area contributed by atoms with E-state index < -0.39 is 5.60 Å². The molecule has 0 radical (unpaired) electrons. The summed E-state index contributed by atoms with van der Waals surface area (Å²) in [6, 6.07) is 0.139. The standard InChI is InChI=1S/C27H42N2O4/c1-16(2)28-23(31)21-9-8-19-18-15-29(24(32)33-25(3,4)5)22-14-17(30)10-12-27(22,7)20(18)11-13-26(19,21)6/h14,16,18-21H,8-13,15H2,1-7H3,(H,28,31)/t18-,19-,20-,21+,26-,27+/m0/s1. The molecule has 0 unspecified atom stereocenters. The summed E-state index contributed by atoms with van der Waals surface area (Å²) in [6.45, 7) is 14.8. The quantitative estimate of drug-likeness (QED) is 0.627. The molecule has 1 saturated heterocycles. The summed E-state index contributed by atoms with van der Waals surface area (Å²) in [7, 11) is 0. The minimum absolute atomic E-state index is 0.0264. The van der Waals surface area contributed by atoms with Gasteiger partial charge in [-0.15, -0.1) is 0 Å². The Morgan fingerprint density at radius 3 is 2.45 bits per heavy atom. The second-order valence-corrected chi connectivity index (χ2v) is 12.7. The molecule has 2 amide bonds.